The number of nitrogens with zero attached hydrogens (tertiary/aromatic N) is 2. The number of aromatic nitrogens is 1. The van der Waals surface area contributed by atoms with Gasteiger partial charge in [0.15, 0.2) is 6.79 Å². The zero-order valence-corrected chi connectivity index (χ0v) is 12.1. The summed E-state index contributed by atoms with van der Waals surface area (Å²) in [7, 11) is 0. The smallest absolute Gasteiger partial charge is 0.406 e. The Morgan fingerprint density at radius 2 is 2.32 bits per heavy atom. The molecule has 7 nitrogen and oxygen atoms in total. The van der Waals surface area contributed by atoms with Gasteiger partial charge in [0, 0.05) is 16.1 Å². The van der Waals surface area contributed by atoms with E-state index in [9.17, 15) is 10.1 Å². The van der Waals surface area contributed by atoms with Gasteiger partial charge >= 0.3 is 5.82 Å². The second-order valence-corrected chi connectivity index (χ2v) is 4.97. The number of rotatable bonds is 4. The molecule has 0 unspecified atom stereocenters. The highest BCUT2D eigenvalue weighted by molar-refractivity contribution is 6.30. The third-order valence-corrected chi connectivity index (χ3v) is 3.28. The lowest BCUT2D eigenvalue weighted by Crippen LogP contribution is -2.14. The summed E-state index contributed by atoms with van der Waals surface area (Å²) in [6, 6.07) is 6.52. The summed E-state index contributed by atoms with van der Waals surface area (Å²) in [6.07, 6.45) is 1.34. The second kappa shape index (κ2) is 6.17. The molecule has 1 aromatic carbocycles. The Hall–Kier alpha value is -2.38. The van der Waals surface area contributed by atoms with E-state index in [4.69, 9.17) is 25.8 Å². The van der Waals surface area contributed by atoms with Gasteiger partial charge in [0.1, 0.15) is 18.6 Å². The lowest BCUT2D eigenvalue weighted by atomic mass is 10.1. The van der Waals surface area contributed by atoms with E-state index in [1.165, 1.54) is 12.3 Å². The van der Waals surface area contributed by atoms with E-state index in [2.05, 4.69) is 4.98 Å². The van der Waals surface area contributed by atoms with Gasteiger partial charge in [-0.05, 0) is 34.2 Å². The predicted octanol–water partition coefficient (Wildman–Crippen LogP) is 3.09. The van der Waals surface area contributed by atoms with Crippen molar-refractivity contribution in [2.75, 3.05) is 6.79 Å². The molecule has 0 amide bonds. The van der Waals surface area contributed by atoms with Crippen molar-refractivity contribution in [2.24, 2.45) is 0 Å². The second-order valence-electron chi connectivity index (χ2n) is 4.53. The number of hydrogen-bond donors (Lipinski definition) is 0. The minimum Gasteiger partial charge on any atom is -0.481 e. The van der Waals surface area contributed by atoms with Gasteiger partial charge in [0.05, 0.1) is 6.61 Å². The highest BCUT2D eigenvalue weighted by Gasteiger charge is 2.19. The number of fused-ring (bicyclic) bond motifs is 1. The average Bonchev–Trinajstić information content (AvgIpc) is 2.52. The summed E-state index contributed by atoms with van der Waals surface area (Å²) in [5.74, 6) is 0.401. The van der Waals surface area contributed by atoms with Gasteiger partial charge < -0.3 is 24.3 Å². The fourth-order valence-electron chi connectivity index (χ4n) is 2.15. The Kier molecular flexibility index (Phi) is 4.08. The molecular weight excluding hydrogens is 312 g/mol. The van der Waals surface area contributed by atoms with Crippen molar-refractivity contribution >= 4 is 17.4 Å². The summed E-state index contributed by atoms with van der Waals surface area (Å²) in [5, 5.41) is 11.4. The molecule has 1 aromatic heterocycles. The van der Waals surface area contributed by atoms with Crippen molar-refractivity contribution in [3.05, 3.63) is 56.7 Å². The Bertz CT molecular complexity index is 722. The minimum atomic E-state index is -0.590. The third-order valence-electron chi connectivity index (χ3n) is 3.06. The largest absolute Gasteiger partial charge is 0.481 e. The van der Waals surface area contributed by atoms with Gasteiger partial charge in [-0.3, -0.25) is 0 Å². The summed E-state index contributed by atoms with van der Waals surface area (Å²) in [6.45, 7) is 0.625. The maximum Gasteiger partial charge on any atom is 0.406 e. The van der Waals surface area contributed by atoms with Crippen LogP contribution >= 0.6 is 11.6 Å². The fraction of sp³-hybridized carbons (Fsp3) is 0.214. The number of benzene rings is 1. The molecule has 114 valence electrons. The molecule has 8 heteroatoms. The first-order valence-electron chi connectivity index (χ1n) is 6.39. The quantitative estimate of drug-likeness (QED) is 0.635. The van der Waals surface area contributed by atoms with Gasteiger partial charge in [-0.15, -0.1) is 0 Å². The van der Waals surface area contributed by atoms with Crippen molar-refractivity contribution in [2.45, 2.75) is 13.2 Å². The Balaban J connectivity index is 1.86. The number of pyridine rings is 1. The molecule has 22 heavy (non-hydrogen) atoms. The SMILES string of the molecule is O=[N+]([O-])c1ncccc1OCc1cc(Cl)cc2c1OCOC2. The van der Waals surface area contributed by atoms with Crippen LogP contribution in [0.5, 0.6) is 11.5 Å². The first-order valence-corrected chi connectivity index (χ1v) is 6.77. The Morgan fingerprint density at radius 3 is 3.14 bits per heavy atom. The Labute approximate surface area is 130 Å². The van der Waals surface area contributed by atoms with Gasteiger partial charge in [-0.25, -0.2) is 0 Å². The molecule has 0 N–H and O–H groups in total. The van der Waals surface area contributed by atoms with Gasteiger partial charge in [0.25, 0.3) is 0 Å². The highest BCUT2D eigenvalue weighted by atomic mass is 35.5. The number of ether oxygens (including phenoxy) is 3. The van der Waals surface area contributed by atoms with E-state index in [1.807, 2.05) is 0 Å². The van der Waals surface area contributed by atoms with Crippen LogP contribution in [-0.2, 0) is 18.0 Å². The molecule has 2 aromatic rings. The molecular formula is C14H11ClN2O5. The highest BCUT2D eigenvalue weighted by Crippen LogP contribution is 2.33. The lowest BCUT2D eigenvalue weighted by molar-refractivity contribution is -0.390. The lowest BCUT2D eigenvalue weighted by Gasteiger charge is -2.21. The van der Waals surface area contributed by atoms with Gasteiger partial charge in [-0.2, -0.15) is 0 Å². The molecule has 2 heterocycles. The average molecular weight is 323 g/mol. The molecule has 0 aliphatic carbocycles. The monoisotopic (exact) mass is 322 g/mol. The first-order chi connectivity index (χ1) is 10.6. The molecule has 0 radical (unpaired) electrons. The summed E-state index contributed by atoms with van der Waals surface area (Å²) in [5.41, 5.74) is 1.52. The van der Waals surface area contributed by atoms with Crippen molar-refractivity contribution in [3.63, 3.8) is 0 Å². The molecule has 1 aliphatic rings. The van der Waals surface area contributed by atoms with E-state index in [0.717, 1.165) is 5.56 Å². The van der Waals surface area contributed by atoms with Crippen molar-refractivity contribution in [1.82, 2.24) is 4.98 Å². The van der Waals surface area contributed by atoms with Crippen LogP contribution in [0.1, 0.15) is 11.1 Å². The van der Waals surface area contributed by atoms with Crippen LogP contribution in [0, 0.1) is 10.1 Å². The van der Waals surface area contributed by atoms with E-state index >= 15 is 0 Å². The molecule has 0 saturated heterocycles. The van der Waals surface area contributed by atoms with Crippen molar-refractivity contribution in [3.8, 4) is 11.5 Å². The van der Waals surface area contributed by atoms with Crippen molar-refractivity contribution < 1.29 is 19.1 Å². The van der Waals surface area contributed by atoms with Crippen LogP contribution in [0.15, 0.2) is 30.5 Å². The third kappa shape index (κ3) is 2.95. The van der Waals surface area contributed by atoms with E-state index in [1.54, 1.807) is 18.2 Å². The zero-order chi connectivity index (χ0) is 15.5. The normalized spacial score (nSPS) is 13.1. The van der Waals surface area contributed by atoms with Crippen LogP contribution in [-0.4, -0.2) is 16.7 Å². The number of halogens is 1. The molecule has 0 saturated carbocycles. The van der Waals surface area contributed by atoms with E-state index in [-0.39, 0.29) is 25.0 Å². The predicted molar refractivity (Wildman–Crippen MR) is 77.0 cm³/mol. The topological polar surface area (TPSA) is 83.7 Å². The van der Waals surface area contributed by atoms with Crippen molar-refractivity contribution in [1.29, 1.82) is 0 Å². The van der Waals surface area contributed by atoms with Crippen LogP contribution in [0.3, 0.4) is 0 Å². The molecule has 0 bridgehead atoms. The summed E-state index contributed by atoms with van der Waals surface area (Å²) >= 11 is 6.06. The van der Waals surface area contributed by atoms with Gasteiger partial charge in [-0.1, -0.05) is 11.6 Å². The standard InChI is InChI=1S/C14H11ClN2O5/c15-11-4-9-6-20-8-22-13(9)10(5-11)7-21-12-2-1-3-16-14(12)17(18)19/h1-5H,6-8H2. The zero-order valence-electron chi connectivity index (χ0n) is 11.3. The van der Waals surface area contributed by atoms with Crippen LogP contribution < -0.4 is 9.47 Å². The van der Waals surface area contributed by atoms with Crippen LogP contribution in [0.2, 0.25) is 5.02 Å². The molecule has 0 spiro atoms. The molecule has 0 fully saturated rings. The minimum absolute atomic E-state index is 0.0788. The van der Waals surface area contributed by atoms with Gasteiger partial charge in [0.2, 0.25) is 5.75 Å². The van der Waals surface area contributed by atoms with E-state index in [0.29, 0.717) is 22.9 Å². The Morgan fingerprint density at radius 1 is 1.45 bits per heavy atom. The molecule has 0 atom stereocenters. The maximum absolute atomic E-state index is 10.9. The molecule has 3 rings (SSSR count). The fourth-order valence-corrected chi connectivity index (χ4v) is 2.41. The molecule has 1 aliphatic heterocycles. The summed E-state index contributed by atoms with van der Waals surface area (Å²) < 4.78 is 16.2. The number of hydrogen-bond acceptors (Lipinski definition) is 6. The first kappa shape index (κ1) is 14.6. The van der Waals surface area contributed by atoms with E-state index < -0.39 is 4.92 Å². The maximum atomic E-state index is 10.9. The van der Waals surface area contributed by atoms with Crippen LogP contribution in [0.4, 0.5) is 5.82 Å². The van der Waals surface area contributed by atoms with Crippen LogP contribution in [0.25, 0.3) is 0 Å². The summed E-state index contributed by atoms with van der Waals surface area (Å²) in [4.78, 5) is 14.0. The number of nitro groups is 1.